The van der Waals surface area contributed by atoms with E-state index in [1.54, 1.807) is 30.3 Å². The monoisotopic (exact) mass is 461 g/mol. The van der Waals surface area contributed by atoms with Crippen LogP contribution >= 0.6 is 11.8 Å². The molecule has 0 radical (unpaired) electrons. The molecular formula is C25H20FN3O3S. The van der Waals surface area contributed by atoms with E-state index in [1.165, 1.54) is 23.9 Å². The highest BCUT2D eigenvalue weighted by atomic mass is 32.2. The van der Waals surface area contributed by atoms with Gasteiger partial charge in [-0.3, -0.25) is 4.79 Å². The van der Waals surface area contributed by atoms with Gasteiger partial charge < -0.3 is 19.8 Å². The smallest absolute Gasteiger partial charge is 0.234 e. The normalized spacial score (nSPS) is 12.4. The highest BCUT2D eigenvalue weighted by Crippen LogP contribution is 2.34. The Morgan fingerprint density at radius 2 is 1.73 bits per heavy atom. The lowest BCUT2D eigenvalue weighted by Gasteiger charge is -2.18. The number of nitrogens with zero attached hydrogens (tertiary/aromatic N) is 1. The lowest BCUT2D eigenvalue weighted by Crippen LogP contribution is -2.17. The first-order chi connectivity index (χ1) is 16.2. The molecule has 0 unspecified atom stereocenters. The van der Waals surface area contributed by atoms with E-state index in [0.29, 0.717) is 41.3 Å². The van der Waals surface area contributed by atoms with Crippen LogP contribution in [-0.4, -0.2) is 34.8 Å². The van der Waals surface area contributed by atoms with E-state index in [1.807, 2.05) is 30.3 Å². The predicted molar refractivity (Wildman–Crippen MR) is 126 cm³/mol. The molecule has 1 aliphatic heterocycles. The Bertz CT molecular complexity index is 1280. The molecule has 166 valence electrons. The lowest BCUT2D eigenvalue weighted by molar-refractivity contribution is -0.113. The second kappa shape index (κ2) is 9.38. The van der Waals surface area contributed by atoms with Crippen LogP contribution in [0.25, 0.3) is 22.6 Å². The second-order valence-corrected chi connectivity index (χ2v) is 8.30. The number of ether oxygens (including phenoxy) is 2. The molecule has 1 aromatic heterocycles. The Morgan fingerprint density at radius 3 is 2.52 bits per heavy atom. The number of aromatic nitrogens is 2. The summed E-state index contributed by atoms with van der Waals surface area (Å²) in [6.45, 7) is 0.996. The molecule has 0 saturated heterocycles. The molecule has 0 saturated carbocycles. The zero-order valence-corrected chi connectivity index (χ0v) is 18.3. The number of nitrogens with one attached hydrogen (secondary N) is 2. The van der Waals surface area contributed by atoms with Crippen LogP contribution in [-0.2, 0) is 4.79 Å². The van der Waals surface area contributed by atoms with Crippen LogP contribution in [0.3, 0.4) is 0 Å². The molecule has 4 aromatic rings. The number of imidazole rings is 1. The highest BCUT2D eigenvalue weighted by Gasteiger charge is 2.17. The van der Waals surface area contributed by atoms with Crippen LogP contribution in [0.4, 0.5) is 10.1 Å². The van der Waals surface area contributed by atoms with Crippen molar-refractivity contribution in [3.63, 3.8) is 0 Å². The maximum atomic E-state index is 13.4. The van der Waals surface area contributed by atoms with Gasteiger partial charge in [0.25, 0.3) is 0 Å². The average molecular weight is 462 g/mol. The molecule has 0 fully saturated rings. The molecule has 2 heterocycles. The summed E-state index contributed by atoms with van der Waals surface area (Å²) in [4.78, 5) is 20.7. The zero-order valence-electron chi connectivity index (χ0n) is 17.5. The molecular weight excluding hydrogens is 441 g/mol. The van der Waals surface area contributed by atoms with Gasteiger partial charge in [0.2, 0.25) is 5.91 Å². The Morgan fingerprint density at radius 1 is 0.970 bits per heavy atom. The number of benzene rings is 3. The van der Waals surface area contributed by atoms with Crippen molar-refractivity contribution in [2.75, 3.05) is 24.3 Å². The summed E-state index contributed by atoms with van der Waals surface area (Å²) in [5.74, 6) is 1.64. The number of thioether (sulfide) groups is 1. The van der Waals surface area contributed by atoms with Gasteiger partial charge >= 0.3 is 0 Å². The van der Waals surface area contributed by atoms with Crippen LogP contribution in [0.5, 0.6) is 11.5 Å². The number of fused-ring (bicyclic) bond motifs is 1. The van der Waals surface area contributed by atoms with Crippen LogP contribution in [0, 0.1) is 5.82 Å². The van der Waals surface area contributed by atoms with Crippen molar-refractivity contribution in [1.29, 1.82) is 0 Å². The minimum absolute atomic E-state index is 0.154. The van der Waals surface area contributed by atoms with Crippen molar-refractivity contribution in [3.8, 4) is 34.1 Å². The number of hydrogen-bond donors (Lipinski definition) is 2. The molecule has 5 rings (SSSR count). The third kappa shape index (κ3) is 4.85. The number of halogens is 1. The molecule has 0 bridgehead atoms. The Hall–Kier alpha value is -3.78. The molecule has 2 N–H and O–H groups in total. The summed E-state index contributed by atoms with van der Waals surface area (Å²) in [7, 11) is 0. The van der Waals surface area contributed by atoms with E-state index in [2.05, 4.69) is 10.3 Å². The van der Waals surface area contributed by atoms with Gasteiger partial charge in [-0.2, -0.15) is 0 Å². The van der Waals surface area contributed by atoms with Crippen molar-refractivity contribution in [1.82, 2.24) is 9.97 Å². The van der Waals surface area contributed by atoms with Crippen molar-refractivity contribution in [2.45, 2.75) is 5.03 Å². The average Bonchev–Trinajstić information content (AvgIpc) is 3.28. The maximum absolute atomic E-state index is 13.4. The predicted octanol–water partition coefficient (Wildman–Crippen LogP) is 5.38. The maximum Gasteiger partial charge on any atom is 0.234 e. The molecule has 1 amide bonds. The largest absolute Gasteiger partial charge is 0.486 e. The summed E-state index contributed by atoms with van der Waals surface area (Å²) < 4.78 is 24.5. The molecule has 1 aliphatic rings. The molecule has 8 heteroatoms. The number of aromatic amines is 1. The molecule has 6 nitrogen and oxygen atoms in total. The van der Waals surface area contributed by atoms with Gasteiger partial charge in [-0.15, -0.1) is 0 Å². The second-order valence-electron chi connectivity index (χ2n) is 7.33. The summed E-state index contributed by atoms with van der Waals surface area (Å²) >= 11 is 1.31. The fourth-order valence-electron chi connectivity index (χ4n) is 3.46. The van der Waals surface area contributed by atoms with E-state index >= 15 is 0 Å². The number of hydrogen-bond acceptors (Lipinski definition) is 5. The molecule has 0 aliphatic carbocycles. The van der Waals surface area contributed by atoms with Gasteiger partial charge in [0, 0.05) is 22.9 Å². The van der Waals surface area contributed by atoms with E-state index in [4.69, 9.17) is 14.5 Å². The van der Waals surface area contributed by atoms with Gasteiger partial charge in [-0.1, -0.05) is 42.1 Å². The molecule has 0 atom stereocenters. The van der Waals surface area contributed by atoms with Crippen molar-refractivity contribution in [3.05, 3.63) is 78.6 Å². The van der Waals surface area contributed by atoms with Gasteiger partial charge in [0.15, 0.2) is 11.5 Å². The zero-order chi connectivity index (χ0) is 22.6. The summed E-state index contributed by atoms with van der Waals surface area (Å²) in [5.41, 5.74) is 3.09. The SMILES string of the molecule is O=C(CSc1nc(-c2ccccc2)[nH]c1-c1ccc(F)cc1)Nc1ccc2c(c1)OCCO2. The third-order valence-electron chi connectivity index (χ3n) is 5.02. The Balaban J connectivity index is 1.34. The fourth-order valence-corrected chi connectivity index (χ4v) is 4.27. The number of amides is 1. The first-order valence-corrected chi connectivity index (χ1v) is 11.4. The van der Waals surface area contributed by atoms with Crippen molar-refractivity contribution < 1.29 is 18.7 Å². The number of carbonyl (C=O) groups excluding carboxylic acids is 1. The van der Waals surface area contributed by atoms with E-state index < -0.39 is 0 Å². The minimum Gasteiger partial charge on any atom is -0.486 e. The summed E-state index contributed by atoms with van der Waals surface area (Å²) in [5, 5.41) is 3.55. The molecule has 0 spiro atoms. The van der Waals surface area contributed by atoms with Crippen LogP contribution in [0.1, 0.15) is 0 Å². The van der Waals surface area contributed by atoms with E-state index in [0.717, 1.165) is 16.8 Å². The van der Waals surface area contributed by atoms with Gasteiger partial charge in [-0.05, 0) is 36.4 Å². The van der Waals surface area contributed by atoms with Gasteiger partial charge in [0.1, 0.15) is 29.9 Å². The number of H-pyrrole nitrogens is 1. The van der Waals surface area contributed by atoms with Gasteiger partial charge in [-0.25, -0.2) is 9.37 Å². The number of rotatable bonds is 6. The Labute approximate surface area is 194 Å². The lowest BCUT2D eigenvalue weighted by atomic mass is 10.2. The van der Waals surface area contributed by atoms with E-state index in [9.17, 15) is 9.18 Å². The van der Waals surface area contributed by atoms with Crippen molar-refractivity contribution >= 4 is 23.4 Å². The summed E-state index contributed by atoms with van der Waals surface area (Å²) in [6.07, 6.45) is 0. The first-order valence-electron chi connectivity index (χ1n) is 10.4. The number of anilines is 1. The van der Waals surface area contributed by atoms with Crippen molar-refractivity contribution in [2.24, 2.45) is 0 Å². The minimum atomic E-state index is -0.311. The highest BCUT2D eigenvalue weighted by molar-refractivity contribution is 8.00. The van der Waals surface area contributed by atoms with Crippen LogP contribution < -0.4 is 14.8 Å². The quantitative estimate of drug-likeness (QED) is 0.377. The molecule has 3 aromatic carbocycles. The Kier molecular flexibility index (Phi) is 5.99. The van der Waals surface area contributed by atoms with Crippen LogP contribution in [0.2, 0.25) is 0 Å². The third-order valence-corrected chi connectivity index (χ3v) is 5.99. The topological polar surface area (TPSA) is 76.2 Å². The van der Waals surface area contributed by atoms with E-state index in [-0.39, 0.29) is 17.5 Å². The standard InChI is InChI=1S/C25H20FN3O3S/c26-18-8-6-16(7-9-18)23-25(29-24(28-23)17-4-2-1-3-5-17)33-15-22(30)27-19-10-11-20-21(14-19)32-13-12-31-20/h1-11,14H,12-13,15H2,(H,27,30)(H,28,29). The van der Waals surface area contributed by atoms with Crippen LogP contribution in [0.15, 0.2) is 77.8 Å². The summed E-state index contributed by atoms with van der Waals surface area (Å²) in [6, 6.07) is 21.2. The molecule has 33 heavy (non-hydrogen) atoms. The first kappa shape index (κ1) is 21.1. The number of carbonyl (C=O) groups is 1. The fraction of sp³-hybridized carbons (Fsp3) is 0.120. The van der Waals surface area contributed by atoms with Gasteiger partial charge in [0.05, 0.1) is 11.4 Å².